The van der Waals surface area contributed by atoms with Gasteiger partial charge in [-0.25, -0.2) is 0 Å². The van der Waals surface area contributed by atoms with Crippen LogP contribution in [-0.4, -0.2) is 17.1 Å². The van der Waals surface area contributed by atoms with Gasteiger partial charge in [0, 0.05) is 6.04 Å². The molecule has 3 heteroatoms. The Hall–Kier alpha value is -0.570. The van der Waals surface area contributed by atoms with Gasteiger partial charge in [0.05, 0.1) is 5.92 Å². The first kappa shape index (κ1) is 9.52. The van der Waals surface area contributed by atoms with E-state index in [4.69, 9.17) is 10.8 Å². The molecular formula is C9H17NO2. The van der Waals surface area contributed by atoms with E-state index in [1.807, 2.05) is 0 Å². The molecule has 3 nitrogen and oxygen atoms in total. The SMILES string of the molecule is CC(N)C(C(=O)O)C1CCCC1. The van der Waals surface area contributed by atoms with Crippen LogP contribution in [0.1, 0.15) is 32.6 Å². The molecule has 0 heterocycles. The summed E-state index contributed by atoms with van der Waals surface area (Å²) in [6.07, 6.45) is 4.42. The molecule has 70 valence electrons. The highest BCUT2D eigenvalue weighted by Gasteiger charge is 2.32. The zero-order chi connectivity index (χ0) is 9.14. The summed E-state index contributed by atoms with van der Waals surface area (Å²) in [6, 6.07) is -0.217. The number of aliphatic carboxylic acids is 1. The van der Waals surface area contributed by atoms with Crippen LogP contribution in [0, 0.1) is 11.8 Å². The first-order chi connectivity index (χ1) is 5.63. The van der Waals surface area contributed by atoms with Crippen molar-refractivity contribution in [3.05, 3.63) is 0 Å². The van der Waals surface area contributed by atoms with Crippen molar-refractivity contribution in [2.24, 2.45) is 17.6 Å². The van der Waals surface area contributed by atoms with Crippen molar-refractivity contribution in [2.75, 3.05) is 0 Å². The molecule has 0 aromatic heterocycles. The van der Waals surface area contributed by atoms with Gasteiger partial charge in [-0.2, -0.15) is 0 Å². The van der Waals surface area contributed by atoms with Crippen molar-refractivity contribution >= 4 is 5.97 Å². The smallest absolute Gasteiger partial charge is 0.308 e. The maximum absolute atomic E-state index is 10.8. The van der Waals surface area contributed by atoms with Gasteiger partial charge in [-0.15, -0.1) is 0 Å². The third kappa shape index (κ3) is 1.97. The molecule has 0 aromatic carbocycles. The summed E-state index contributed by atoms with van der Waals surface area (Å²) in [7, 11) is 0. The average Bonchev–Trinajstić information content (AvgIpc) is 2.37. The quantitative estimate of drug-likeness (QED) is 0.671. The Balaban J connectivity index is 2.58. The Morgan fingerprint density at radius 3 is 2.33 bits per heavy atom. The second kappa shape index (κ2) is 3.90. The molecule has 0 amide bonds. The van der Waals surface area contributed by atoms with Crippen molar-refractivity contribution < 1.29 is 9.90 Å². The summed E-state index contributed by atoms with van der Waals surface area (Å²) in [6.45, 7) is 1.79. The Bertz CT molecular complexity index is 162. The van der Waals surface area contributed by atoms with E-state index < -0.39 is 5.97 Å². The number of nitrogens with two attached hydrogens (primary N) is 1. The van der Waals surface area contributed by atoms with Gasteiger partial charge in [0.25, 0.3) is 0 Å². The van der Waals surface area contributed by atoms with E-state index in [0.717, 1.165) is 12.8 Å². The minimum atomic E-state index is -0.725. The average molecular weight is 171 g/mol. The molecule has 1 aliphatic carbocycles. The molecule has 2 atom stereocenters. The fraction of sp³-hybridized carbons (Fsp3) is 0.889. The molecule has 0 saturated heterocycles. The van der Waals surface area contributed by atoms with Crippen molar-refractivity contribution in [3.63, 3.8) is 0 Å². The van der Waals surface area contributed by atoms with Crippen LogP contribution in [0.15, 0.2) is 0 Å². The molecule has 0 spiro atoms. The van der Waals surface area contributed by atoms with Gasteiger partial charge < -0.3 is 10.8 Å². The molecule has 0 aromatic rings. The summed E-state index contributed by atoms with van der Waals surface area (Å²) in [5.74, 6) is -0.730. The van der Waals surface area contributed by atoms with Crippen molar-refractivity contribution in [1.82, 2.24) is 0 Å². The van der Waals surface area contributed by atoms with Gasteiger partial charge in [-0.05, 0) is 25.7 Å². The van der Waals surface area contributed by atoms with Crippen LogP contribution in [0.2, 0.25) is 0 Å². The maximum Gasteiger partial charge on any atom is 0.308 e. The Morgan fingerprint density at radius 2 is 2.00 bits per heavy atom. The van der Waals surface area contributed by atoms with E-state index in [0.29, 0.717) is 5.92 Å². The van der Waals surface area contributed by atoms with E-state index >= 15 is 0 Å². The summed E-state index contributed by atoms with van der Waals surface area (Å²) in [5.41, 5.74) is 5.64. The molecule has 1 saturated carbocycles. The first-order valence-electron chi connectivity index (χ1n) is 4.61. The fourth-order valence-corrected chi connectivity index (χ4v) is 2.17. The van der Waals surface area contributed by atoms with Crippen LogP contribution in [0.4, 0.5) is 0 Å². The van der Waals surface area contributed by atoms with Gasteiger partial charge in [0.1, 0.15) is 0 Å². The predicted octanol–water partition coefficient (Wildman–Crippen LogP) is 1.22. The second-order valence-electron chi connectivity index (χ2n) is 3.77. The molecule has 1 aliphatic rings. The topological polar surface area (TPSA) is 63.3 Å². The van der Waals surface area contributed by atoms with Gasteiger partial charge in [-0.3, -0.25) is 4.79 Å². The molecular weight excluding hydrogens is 154 g/mol. The van der Waals surface area contributed by atoms with Crippen molar-refractivity contribution in [3.8, 4) is 0 Å². The normalized spacial score (nSPS) is 23.8. The fourth-order valence-electron chi connectivity index (χ4n) is 2.17. The van der Waals surface area contributed by atoms with Crippen LogP contribution in [0.5, 0.6) is 0 Å². The number of carboxylic acid groups (broad SMARTS) is 1. The molecule has 1 fully saturated rings. The Labute approximate surface area is 72.9 Å². The van der Waals surface area contributed by atoms with Crippen LogP contribution < -0.4 is 5.73 Å². The summed E-state index contributed by atoms with van der Waals surface area (Å²) >= 11 is 0. The highest BCUT2D eigenvalue weighted by Crippen LogP contribution is 2.32. The highest BCUT2D eigenvalue weighted by molar-refractivity contribution is 5.71. The van der Waals surface area contributed by atoms with Gasteiger partial charge in [0.2, 0.25) is 0 Å². The molecule has 2 unspecified atom stereocenters. The van der Waals surface area contributed by atoms with E-state index in [9.17, 15) is 4.79 Å². The van der Waals surface area contributed by atoms with Gasteiger partial charge >= 0.3 is 5.97 Å². The minimum Gasteiger partial charge on any atom is -0.481 e. The van der Waals surface area contributed by atoms with Crippen molar-refractivity contribution in [2.45, 2.75) is 38.6 Å². The van der Waals surface area contributed by atoms with Crippen LogP contribution in [-0.2, 0) is 4.79 Å². The molecule has 0 aliphatic heterocycles. The van der Waals surface area contributed by atoms with Crippen LogP contribution in [0.25, 0.3) is 0 Å². The van der Waals surface area contributed by atoms with Gasteiger partial charge in [0.15, 0.2) is 0 Å². The summed E-state index contributed by atoms with van der Waals surface area (Å²) in [4.78, 5) is 10.8. The Morgan fingerprint density at radius 1 is 1.50 bits per heavy atom. The molecule has 0 bridgehead atoms. The highest BCUT2D eigenvalue weighted by atomic mass is 16.4. The molecule has 0 radical (unpaired) electrons. The van der Waals surface area contributed by atoms with Crippen molar-refractivity contribution in [1.29, 1.82) is 0 Å². The lowest BCUT2D eigenvalue weighted by Gasteiger charge is -2.22. The standard InChI is InChI=1S/C9H17NO2/c1-6(10)8(9(11)12)7-4-2-3-5-7/h6-8H,2-5,10H2,1H3,(H,11,12). The minimum absolute atomic E-state index is 0.217. The number of carboxylic acids is 1. The third-order valence-corrected chi connectivity index (χ3v) is 2.76. The van der Waals surface area contributed by atoms with E-state index in [2.05, 4.69) is 0 Å². The molecule has 12 heavy (non-hydrogen) atoms. The lowest BCUT2D eigenvalue weighted by Crippen LogP contribution is -2.37. The largest absolute Gasteiger partial charge is 0.481 e. The number of rotatable bonds is 3. The van der Waals surface area contributed by atoms with Gasteiger partial charge in [-0.1, -0.05) is 12.8 Å². The Kier molecular flexibility index (Phi) is 3.09. The van der Waals surface area contributed by atoms with E-state index in [1.165, 1.54) is 12.8 Å². The monoisotopic (exact) mass is 171 g/mol. The summed E-state index contributed by atoms with van der Waals surface area (Å²) in [5, 5.41) is 8.92. The molecule has 1 rings (SSSR count). The molecule has 3 N–H and O–H groups in total. The van der Waals surface area contributed by atoms with E-state index in [1.54, 1.807) is 6.92 Å². The first-order valence-corrected chi connectivity index (χ1v) is 4.61. The zero-order valence-corrected chi connectivity index (χ0v) is 7.49. The number of hydrogen-bond donors (Lipinski definition) is 2. The summed E-state index contributed by atoms with van der Waals surface area (Å²) < 4.78 is 0. The zero-order valence-electron chi connectivity index (χ0n) is 7.49. The maximum atomic E-state index is 10.8. The number of hydrogen-bond acceptors (Lipinski definition) is 2. The predicted molar refractivity (Wildman–Crippen MR) is 46.7 cm³/mol. The van der Waals surface area contributed by atoms with E-state index in [-0.39, 0.29) is 12.0 Å². The second-order valence-corrected chi connectivity index (χ2v) is 3.77. The lowest BCUT2D eigenvalue weighted by molar-refractivity contribution is -0.144. The third-order valence-electron chi connectivity index (χ3n) is 2.76. The van der Waals surface area contributed by atoms with Crippen LogP contribution >= 0.6 is 0 Å². The lowest BCUT2D eigenvalue weighted by atomic mass is 9.86. The number of carbonyl (C=O) groups is 1. The van der Waals surface area contributed by atoms with Crippen LogP contribution in [0.3, 0.4) is 0 Å².